The Kier molecular flexibility index (Phi) is 7.35. The molecule has 0 aliphatic rings. The van der Waals surface area contributed by atoms with E-state index in [9.17, 15) is 4.79 Å². The average molecular weight is 277 g/mol. The summed E-state index contributed by atoms with van der Waals surface area (Å²) >= 11 is 0. The van der Waals surface area contributed by atoms with Crippen molar-refractivity contribution in [1.29, 1.82) is 5.41 Å². The lowest BCUT2D eigenvalue weighted by molar-refractivity contribution is 0.155. The van der Waals surface area contributed by atoms with Crippen molar-refractivity contribution in [3.8, 4) is 0 Å². The van der Waals surface area contributed by atoms with Crippen LogP contribution in [-0.4, -0.2) is 19.0 Å². The number of carbonyl (C=O) groups excluding carboxylic acids is 1. The molecule has 0 aromatic heterocycles. The van der Waals surface area contributed by atoms with E-state index in [0.29, 0.717) is 18.8 Å². The van der Waals surface area contributed by atoms with Gasteiger partial charge in [0.2, 0.25) is 0 Å². The number of unbranched alkanes of at least 4 members (excludes halogenated alkanes) is 3. The number of amides is 1. The topological polar surface area (TPSA) is 79.4 Å². The Labute approximate surface area is 120 Å². The van der Waals surface area contributed by atoms with Gasteiger partial charge in [0.1, 0.15) is 0 Å². The fourth-order valence-electron chi connectivity index (χ4n) is 1.78. The van der Waals surface area contributed by atoms with Crippen molar-refractivity contribution >= 4 is 18.1 Å². The average Bonchev–Trinajstić information content (AvgIpc) is 2.48. The molecule has 5 heteroatoms. The highest BCUT2D eigenvalue weighted by molar-refractivity contribution is 6.03. The minimum absolute atomic E-state index is 0.393. The molecular weight excluding hydrogens is 254 g/mol. The van der Waals surface area contributed by atoms with E-state index in [2.05, 4.69) is 6.92 Å². The highest BCUT2D eigenvalue weighted by Gasteiger charge is 2.14. The first kappa shape index (κ1) is 16.2. The fraction of sp³-hybridized carbons (Fsp3) is 0.467. The number of anilines is 1. The molecule has 1 aromatic carbocycles. The second-order valence-corrected chi connectivity index (χ2v) is 4.54. The van der Waals surface area contributed by atoms with Gasteiger partial charge >= 0.3 is 6.09 Å². The molecule has 0 fully saturated rings. The minimum atomic E-state index is -0.517. The summed E-state index contributed by atoms with van der Waals surface area (Å²) < 4.78 is 5.16. The molecule has 0 bridgehead atoms. The maximum atomic E-state index is 11.9. The highest BCUT2D eigenvalue weighted by atomic mass is 16.6. The van der Waals surface area contributed by atoms with Crippen molar-refractivity contribution < 1.29 is 9.53 Å². The Morgan fingerprint density at radius 3 is 2.55 bits per heavy atom. The van der Waals surface area contributed by atoms with Crippen LogP contribution in [0.3, 0.4) is 0 Å². The van der Waals surface area contributed by atoms with Crippen molar-refractivity contribution in [2.24, 2.45) is 5.73 Å². The van der Waals surface area contributed by atoms with Gasteiger partial charge in [0.05, 0.1) is 18.6 Å². The molecule has 0 heterocycles. The molecule has 0 saturated heterocycles. The van der Waals surface area contributed by atoms with Gasteiger partial charge in [0, 0.05) is 6.54 Å². The standard InChI is InChI=1S/C15H23N3O2/c1-2-3-4-5-10-20-15(19)18(12-17)14-8-6-13(11-16)7-9-14/h6-9,12,17H,2-5,10-11,16H2,1H3. The summed E-state index contributed by atoms with van der Waals surface area (Å²) in [7, 11) is 0. The summed E-state index contributed by atoms with van der Waals surface area (Å²) in [5.41, 5.74) is 7.11. The van der Waals surface area contributed by atoms with Gasteiger partial charge in [-0.25, -0.2) is 9.69 Å². The zero-order chi connectivity index (χ0) is 14.8. The number of nitrogens with zero attached hydrogens (tertiary/aromatic N) is 1. The second-order valence-electron chi connectivity index (χ2n) is 4.54. The molecular formula is C15H23N3O2. The van der Waals surface area contributed by atoms with Crippen LogP contribution in [0.4, 0.5) is 10.5 Å². The number of nitrogens with one attached hydrogen (secondary N) is 1. The third-order valence-electron chi connectivity index (χ3n) is 3.00. The zero-order valence-electron chi connectivity index (χ0n) is 12.0. The van der Waals surface area contributed by atoms with Crippen LogP contribution in [0, 0.1) is 5.41 Å². The first-order chi connectivity index (χ1) is 9.72. The predicted octanol–water partition coefficient (Wildman–Crippen LogP) is 3.28. The largest absolute Gasteiger partial charge is 0.449 e. The molecule has 0 spiro atoms. The first-order valence-electron chi connectivity index (χ1n) is 6.98. The minimum Gasteiger partial charge on any atom is -0.449 e. The number of hydrogen-bond donors (Lipinski definition) is 2. The Morgan fingerprint density at radius 2 is 2.00 bits per heavy atom. The van der Waals surface area contributed by atoms with Crippen LogP contribution in [0.25, 0.3) is 0 Å². The van der Waals surface area contributed by atoms with Crippen molar-refractivity contribution in [2.45, 2.75) is 39.2 Å². The van der Waals surface area contributed by atoms with Crippen molar-refractivity contribution in [3.63, 3.8) is 0 Å². The maximum absolute atomic E-state index is 11.9. The SMILES string of the molecule is CCCCCCOC(=O)N(C=N)c1ccc(CN)cc1. The van der Waals surface area contributed by atoms with Gasteiger partial charge in [-0.3, -0.25) is 5.41 Å². The van der Waals surface area contributed by atoms with Gasteiger partial charge in [0.25, 0.3) is 0 Å². The third-order valence-corrected chi connectivity index (χ3v) is 3.00. The molecule has 0 aliphatic heterocycles. The number of carbonyl (C=O) groups is 1. The fourth-order valence-corrected chi connectivity index (χ4v) is 1.78. The molecule has 5 nitrogen and oxygen atoms in total. The van der Waals surface area contributed by atoms with Crippen LogP contribution in [-0.2, 0) is 11.3 Å². The third kappa shape index (κ3) is 5.01. The molecule has 110 valence electrons. The molecule has 0 atom stereocenters. The Morgan fingerprint density at radius 1 is 1.30 bits per heavy atom. The van der Waals surface area contributed by atoms with Crippen LogP contribution in [0.2, 0.25) is 0 Å². The van der Waals surface area contributed by atoms with Crippen molar-refractivity contribution in [2.75, 3.05) is 11.5 Å². The van der Waals surface area contributed by atoms with E-state index in [1.165, 1.54) is 4.90 Å². The van der Waals surface area contributed by atoms with Crippen LogP contribution in [0.1, 0.15) is 38.2 Å². The van der Waals surface area contributed by atoms with Crippen molar-refractivity contribution in [1.82, 2.24) is 0 Å². The van der Waals surface area contributed by atoms with E-state index >= 15 is 0 Å². The lowest BCUT2D eigenvalue weighted by atomic mass is 10.2. The Bertz CT molecular complexity index is 418. The molecule has 3 N–H and O–H groups in total. The van der Waals surface area contributed by atoms with E-state index in [1.807, 2.05) is 12.1 Å². The van der Waals surface area contributed by atoms with Gasteiger partial charge in [-0.1, -0.05) is 38.3 Å². The molecule has 1 amide bonds. The molecule has 20 heavy (non-hydrogen) atoms. The normalized spacial score (nSPS) is 10.1. The summed E-state index contributed by atoms with van der Waals surface area (Å²) in [6.07, 6.45) is 4.65. The number of ether oxygens (including phenoxy) is 1. The van der Waals surface area contributed by atoms with Gasteiger partial charge < -0.3 is 10.5 Å². The van der Waals surface area contributed by atoms with Crippen molar-refractivity contribution in [3.05, 3.63) is 29.8 Å². The van der Waals surface area contributed by atoms with E-state index in [0.717, 1.165) is 37.6 Å². The summed E-state index contributed by atoms with van der Waals surface area (Å²) in [4.78, 5) is 13.1. The molecule has 0 radical (unpaired) electrons. The van der Waals surface area contributed by atoms with Gasteiger partial charge in [-0.15, -0.1) is 0 Å². The van der Waals surface area contributed by atoms with Gasteiger partial charge in [-0.2, -0.15) is 0 Å². The second kappa shape index (κ2) is 9.09. The zero-order valence-corrected chi connectivity index (χ0v) is 12.0. The molecule has 1 aromatic rings. The maximum Gasteiger partial charge on any atom is 0.419 e. The number of rotatable bonds is 8. The quantitative estimate of drug-likeness (QED) is 0.435. The Hall–Kier alpha value is -1.88. The number of hydrogen-bond acceptors (Lipinski definition) is 4. The first-order valence-corrected chi connectivity index (χ1v) is 6.98. The number of benzene rings is 1. The van der Waals surface area contributed by atoms with Crippen LogP contribution < -0.4 is 10.6 Å². The van der Waals surface area contributed by atoms with Gasteiger partial charge in [0.15, 0.2) is 0 Å². The molecule has 0 saturated carbocycles. The van der Waals surface area contributed by atoms with E-state index < -0.39 is 6.09 Å². The monoisotopic (exact) mass is 277 g/mol. The van der Waals surface area contributed by atoms with E-state index in [1.54, 1.807) is 12.1 Å². The summed E-state index contributed by atoms with van der Waals surface area (Å²) in [5, 5.41) is 7.35. The number of nitrogens with two attached hydrogens (primary N) is 1. The van der Waals surface area contributed by atoms with Crippen LogP contribution >= 0.6 is 0 Å². The summed E-state index contributed by atoms with van der Waals surface area (Å²) in [5.74, 6) is 0. The Balaban J connectivity index is 2.51. The molecule has 0 unspecified atom stereocenters. The highest BCUT2D eigenvalue weighted by Crippen LogP contribution is 2.15. The summed E-state index contributed by atoms with van der Waals surface area (Å²) in [6.45, 7) is 2.98. The van der Waals surface area contributed by atoms with Gasteiger partial charge in [-0.05, 0) is 24.1 Å². The van der Waals surface area contributed by atoms with Crippen LogP contribution in [0.5, 0.6) is 0 Å². The molecule has 1 rings (SSSR count). The lowest BCUT2D eigenvalue weighted by Crippen LogP contribution is -2.30. The molecule has 0 aliphatic carbocycles. The summed E-state index contributed by atoms with van der Waals surface area (Å²) in [6, 6.07) is 7.18. The van der Waals surface area contributed by atoms with Crippen LogP contribution in [0.15, 0.2) is 24.3 Å². The van der Waals surface area contributed by atoms with E-state index in [4.69, 9.17) is 15.9 Å². The lowest BCUT2D eigenvalue weighted by Gasteiger charge is -2.17. The van der Waals surface area contributed by atoms with E-state index in [-0.39, 0.29) is 0 Å². The smallest absolute Gasteiger partial charge is 0.419 e. The predicted molar refractivity (Wildman–Crippen MR) is 81.1 cm³/mol.